The van der Waals surface area contributed by atoms with Crippen LogP contribution in [0.1, 0.15) is 22.3 Å². The average molecular weight is 305 g/mol. The molecule has 114 valence electrons. The molecule has 0 bridgehead atoms. The number of benzene rings is 2. The maximum absolute atomic E-state index is 11.2. The van der Waals surface area contributed by atoms with Crippen molar-refractivity contribution in [2.45, 2.75) is 20.4 Å². The lowest BCUT2D eigenvalue weighted by Crippen LogP contribution is -2.02. The van der Waals surface area contributed by atoms with Gasteiger partial charge in [-0.25, -0.2) is 0 Å². The SMILES string of the molecule is Cc1cc(C)c2c(c1)c(N=O)c(O)n2Cc1ccccc1C#N. The highest BCUT2D eigenvalue weighted by atomic mass is 16.3. The predicted octanol–water partition coefficient (Wildman–Crippen LogP) is 4.28. The van der Waals surface area contributed by atoms with Gasteiger partial charge in [-0.15, -0.1) is 4.91 Å². The average Bonchev–Trinajstić information content (AvgIpc) is 2.79. The number of aryl methyl sites for hydroxylation is 2. The van der Waals surface area contributed by atoms with Crippen molar-refractivity contribution in [3.05, 3.63) is 63.6 Å². The summed E-state index contributed by atoms with van der Waals surface area (Å²) in [5.74, 6) is -0.170. The molecule has 23 heavy (non-hydrogen) atoms. The largest absolute Gasteiger partial charge is 0.493 e. The Morgan fingerprint density at radius 1 is 1.26 bits per heavy atom. The minimum atomic E-state index is -0.170. The molecule has 0 unspecified atom stereocenters. The molecular formula is C18H15N3O2. The molecule has 1 heterocycles. The Labute approximate surface area is 133 Å². The number of fused-ring (bicyclic) bond motifs is 1. The molecule has 0 saturated heterocycles. The third-order valence-corrected chi connectivity index (χ3v) is 3.99. The number of nitroso groups, excluding NO2 is 1. The Kier molecular flexibility index (Phi) is 3.59. The monoisotopic (exact) mass is 305 g/mol. The smallest absolute Gasteiger partial charge is 0.222 e. The van der Waals surface area contributed by atoms with Gasteiger partial charge in [0.25, 0.3) is 0 Å². The quantitative estimate of drug-likeness (QED) is 0.733. The summed E-state index contributed by atoms with van der Waals surface area (Å²) in [4.78, 5) is 11.2. The Hall–Kier alpha value is -3.13. The van der Waals surface area contributed by atoms with E-state index in [1.165, 1.54) is 0 Å². The minimum absolute atomic E-state index is 0.0428. The molecular weight excluding hydrogens is 290 g/mol. The molecule has 3 rings (SSSR count). The van der Waals surface area contributed by atoms with E-state index in [0.29, 0.717) is 17.5 Å². The first kappa shape index (κ1) is 14.8. The molecule has 1 N–H and O–H groups in total. The van der Waals surface area contributed by atoms with Crippen molar-refractivity contribution < 1.29 is 5.11 Å². The van der Waals surface area contributed by atoms with Crippen LogP contribution in [0, 0.1) is 30.1 Å². The summed E-state index contributed by atoms with van der Waals surface area (Å²) in [7, 11) is 0. The van der Waals surface area contributed by atoms with Gasteiger partial charge < -0.3 is 9.67 Å². The van der Waals surface area contributed by atoms with Gasteiger partial charge in [-0.3, -0.25) is 0 Å². The molecule has 3 aromatic rings. The number of aromatic nitrogens is 1. The van der Waals surface area contributed by atoms with Gasteiger partial charge in [-0.05, 0) is 42.3 Å². The van der Waals surface area contributed by atoms with Crippen LogP contribution in [0.15, 0.2) is 41.6 Å². The number of hydrogen-bond acceptors (Lipinski definition) is 4. The highest BCUT2D eigenvalue weighted by molar-refractivity contribution is 5.97. The topological polar surface area (TPSA) is 78.4 Å². The van der Waals surface area contributed by atoms with E-state index in [-0.39, 0.29) is 11.6 Å². The lowest BCUT2D eigenvalue weighted by atomic mass is 10.1. The first-order valence-corrected chi connectivity index (χ1v) is 7.20. The lowest BCUT2D eigenvalue weighted by Gasteiger charge is -2.10. The molecule has 0 saturated carbocycles. The van der Waals surface area contributed by atoms with Crippen LogP contribution >= 0.6 is 0 Å². The van der Waals surface area contributed by atoms with Crippen molar-refractivity contribution in [3.63, 3.8) is 0 Å². The molecule has 5 heteroatoms. The van der Waals surface area contributed by atoms with Crippen molar-refractivity contribution in [3.8, 4) is 11.9 Å². The zero-order valence-electron chi connectivity index (χ0n) is 12.9. The van der Waals surface area contributed by atoms with Crippen molar-refractivity contribution in [1.29, 1.82) is 5.26 Å². The van der Waals surface area contributed by atoms with Gasteiger partial charge in [0.2, 0.25) is 5.88 Å². The summed E-state index contributed by atoms with van der Waals surface area (Å²) < 4.78 is 1.64. The van der Waals surface area contributed by atoms with Crippen molar-refractivity contribution in [2.24, 2.45) is 5.18 Å². The van der Waals surface area contributed by atoms with Crippen LogP contribution in [0.5, 0.6) is 5.88 Å². The summed E-state index contributed by atoms with van der Waals surface area (Å²) >= 11 is 0. The standard InChI is InChI=1S/C18H15N3O2/c1-11-7-12(2)17-15(8-11)16(20-23)18(22)21(17)10-14-6-4-3-5-13(14)9-19/h3-8,22H,10H2,1-2H3. The van der Waals surface area contributed by atoms with Gasteiger partial charge in [0.05, 0.1) is 23.7 Å². The summed E-state index contributed by atoms with van der Waals surface area (Å²) in [6.07, 6.45) is 0. The molecule has 0 aliphatic heterocycles. The first-order chi connectivity index (χ1) is 11.1. The van der Waals surface area contributed by atoms with Crippen LogP contribution in [0.3, 0.4) is 0 Å². The number of nitriles is 1. The Morgan fingerprint density at radius 3 is 2.70 bits per heavy atom. The highest BCUT2D eigenvalue weighted by Crippen LogP contribution is 2.40. The number of rotatable bonds is 3. The molecule has 1 aromatic heterocycles. The van der Waals surface area contributed by atoms with Crippen LogP contribution in [0.4, 0.5) is 5.69 Å². The normalized spacial score (nSPS) is 10.7. The van der Waals surface area contributed by atoms with Gasteiger partial charge >= 0.3 is 0 Å². The third kappa shape index (κ3) is 2.34. The second-order valence-corrected chi connectivity index (χ2v) is 5.60. The second kappa shape index (κ2) is 5.58. The van der Waals surface area contributed by atoms with E-state index in [1.807, 2.05) is 38.1 Å². The third-order valence-electron chi connectivity index (χ3n) is 3.99. The fraction of sp³-hybridized carbons (Fsp3) is 0.167. The predicted molar refractivity (Wildman–Crippen MR) is 88.8 cm³/mol. The van der Waals surface area contributed by atoms with E-state index >= 15 is 0 Å². The maximum Gasteiger partial charge on any atom is 0.222 e. The summed E-state index contributed by atoms with van der Waals surface area (Å²) in [6.45, 7) is 4.15. The van der Waals surface area contributed by atoms with Crippen LogP contribution < -0.4 is 0 Å². The van der Waals surface area contributed by atoms with Crippen LogP contribution in [-0.4, -0.2) is 9.67 Å². The maximum atomic E-state index is 11.2. The van der Waals surface area contributed by atoms with Crippen molar-refractivity contribution in [2.75, 3.05) is 0 Å². The molecule has 0 fully saturated rings. The van der Waals surface area contributed by atoms with E-state index in [4.69, 9.17) is 0 Å². The second-order valence-electron chi connectivity index (χ2n) is 5.60. The van der Waals surface area contributed by atoms with Gasteiger partial charge in [0.15, 0.2) is 5.69 Å². The lowest BCUT2D eigenvalue weighted by molar-refractivity contribution is 0.430. The van der Waals surface area contributed by atoms with E-state index in [1.54, 1.807) is 16.7 Å². The highest BCUT2D eigenvalue weighted by Gasteiger charge is 2.20. The zero-order chi connectivity index (χ0) is 16.6. The molecule has 0 radical (unpaired) electrons. The molecule has 2 aromatic carbocycles. The fourth-order valence-electron chi connectivity index (χ4n) is 3.03. The molecule has 0 aliphatic carbocycles. The van der Waals surface area contributed by atoms with E-state index in [2.05, 4.69) is 11.2 Å². The Bertz CT molecular complexity index is 965. The van der Waals surface area contributed by atoms with E-state index < -0.39 is 0 Å². The molecule has 0 amide bonds. The molecule has 5 nitrogen and oxygen atoms in total. The number of hydrogen-bond donors (Lipinski definition) is 1. The summed E-state index contributed by atoms with van der Waals surface area (Å²) in [5.41, 5.74) is 4.06. The molecule has 0 atom stereocenters. The molecule has 0 aliphatic rings. The van der Waals surface area contributed by atoms with E-state index in [0.717, 1.165) is 22.2 Å². The molecule has 0 spiro atoms. The van der Waals surface area contributed by atoms with Gasteiger partial charge in [-0.2, -0.15) is 5.26 Å². The summed E-state index contributed by atoms with van der Waals surface area (Å²) in [6, 6.07) is 13.2. The summed E-state index contributed by atoms with van der Waals surface area (Å²) in [5, 5.41) is 23.3. The van der Waals surface area contributed by atoms with Crippen LogP contribution in [-0.2, 0) is 6.54 Å². The van der Waals surface area contributed by atoms with Crippen molar-refractivity contribution >= 4 is 16.6 Å². The zero-order valence-corrected chi connectivity index (χ0v) is 12.9. The van der Waals surface area contributed by atoms with Crippen LogP contribution in [0.2, 0.25) is 0 Å². The van der Waals surface area contributed by atoms with Crippen LogP contribution in [0.25, 0.3) is 10.9 Å². The Morgan fingerprint density at radius 2 is 2.00 bits per heavy atom. The number of aromatic hydroxyl groups is 1. The van der Waals surface area contributed by atoms with Gasteiger partial charge in [-0.1, -0.05) is 29.8 Å². The van der Waals surface area contributed by atoms with Gasteiger partial charge in [0.1, 0.15) is 0 Å². The minimum Gasteiger partial charge on any atom is -0.493 e. The van der Waals surface area contributed by atoms with E-state index in [9.17, 15) is 15.3 Å². The fourth-order valence-corrected chi connectivity index (χ4v) is 3.03. The van der Waals surface area contributed by atoms with Gasteiger partial charge in [0, 0.05) is 5.39 Å². The van der Waals surface area contributed by atoms with Crippen molar-refractivity contribution in [1.82, 2.24) is 4.57 Å². The Balaban J connectivity index is 2.28. The number of nitrogens with zero attached hydrogens (tertiary/aromatic N) is 3. The first-order valence-electron chi connectivity index (χ1n) is 7.20.